The predicted octanol–water partition coefficient (Wildman–Crippen LogP) is 2.34. The van der Waals surface area contributed by atoms with Crippen LogP contribution < -0.4 is 5.32 Å². The van der Waals surface area contributed by atoms with Gasteiger partial charge in [0.2, 0.25) is 5.91 Å². The van der Waals surface area contributed by atoms with Gasteiger partial charge in [0.1, 0.15) is 5.69 Å². The van der Waals surface area contributed by atoms with E-state index in [1.54, 1.807) is 27.7 Å². The number of nitro groups is 1. The molecule has 1 amide bonds. The van der Waals surface area contributed by atoms with Gasteiger partial charge in [0.05, 0.1) is 4.92 Å². The SMILES string of the molecule is Cc1nc(NC(=O)C(C)(C)C)sc1[N+](=O)[O-]. The second kappa shape index (κ2) is 4.17. The molecule has 6 nitrogen and oxygen atoms in total. The fourth-order valence-electron chi connectivity index (χ4n) is 0.896. The van der Waals surface area contributed by atoms with Crippen LogP contribution >= 0.6 is 11.3 Å². The maximum absolute atomic E-state index is 11.6. The lowest BCUT2D eigenvalue weighted by atomic mass is 9.96. The molecule has 1 rings (SSSR count). The van der Waals surface area contributed by atoms with Crippen molar-refractivity contribution in [3.63, 3.8) is 0 Å². The molecule has 88 valence electrons. The maximum atomic E-state index is 11.6. The molecular formula is C9H13N3O3S. The molecule has 0 saturated heterocycles. The van der Waals surface area contributed by atoms with Crippen LogP contribution in [0, 0.1) is 22.5 Å². The number of anilines is 1. The Labute approximate surface area is 96.8 Å². The van der Waals surface area contributed by atoms with Crippen LogP contribution in [0.25, 0.3) is 0 Å². The number of thiazole rings is 1. The minimum atomic E-state index is -0.547. The summed E-state index contributed by atoms with van der Waals surface area (Å²) in [7, 11) is 0. The van der Waals surface area contributed by atoms with Gasteiger partial charge in [-0.1, -0.05) is 20.8 Å². The van der Waals surface area contributed by atoms with Crippen molar-refractivity contribution in [3.8, 4) is 0 Å². The molecule has 7 heteroatoms. The van der Waals surface area contributed by atoms with E-state index in [1.807, 2.05) is 0 Å². The third kappa shape index (κ3) is 2.75. The van der Waals surface area contributed by atoms with Crippen molar-refractivity contribution in [1.82, 2.24) is 4.98 Å². The molecule has 1 aromatic heterocycles. The lowest BCUT2D eigenvalue weighted by Gasteiger charge is -2.15. The van der Waals surface area contributed by atoms with E-state index in [-0.39, 0.29) is 16.0 Å². The monoisotopic (exact) mass is 243 g/mol. The Hall–Kier alpha value is -1.50. The van der Waals surface area contributed by atoms with Gasteiger partial charge in [-0.3, -0.25) is 14.9 Å². The number of nitrogens with zero attached hydrogens (tertiary/aromatic N) is 2. The minimum absolute atomic E-state index is 0.0378. The summed E-state index contributed by atoms with van der Waals surface area (Å²) in [5, 5.41) is 13.4. The molecule has 16 heavy (non-hydrogen) atoms. The van der Waals surface area contributed by atoms with E-state index >= 15 is 0 Å². The second-order valence-electron chi connectivity index (χ2n) is 4.37. The number of aromatic nitrogens is 1. The smallest absolute Gasteiger partial charge is 0.301 e. The number of hydrogen-bond donors (Lipinski definition) is 1. The highest BCUT2D eigenvalue weighted by Gasteiger charge is 2.24. The zero-order valence-corrected chi connectivity index (χ0v) is 10.3. The van der Waals surface area contributed by atoms with E-state index in [4.69, 9.17) is 0 Å². The Morgan fingerprint density at radius 2 is 2.06 bits per heavy atom. The van der Waals surface area contributed by atoms with Crippen molar-refractivity contribution in [1.29, 1.82) is 0 Å². The Morgan fingerprint density at radius 3 is 2.44 bits per heavy atom. The van der Waals surface area contributed by atoms with Gasteiger partial charge in [-0.2, -0.15) is 0 Å². The average Bonchev–Trinajstić information content (AvgIpc) is 2.45. The zero-order valence-electron chi connectivity index (χ0n) is 9.53. The lowest BCUT2D eigenvalue weighted by Crippen LogP contribution is -2.27. The quantitative estimate of drug-likeness (QED) is 0.638. The first-order chi connectivity index (χ1) is 7.21. The molecule has 0 bridgehead atoms. The largest absolute Gasteiger partial charge is 0.348 e. The molecule has 0 atom stereocenters. The van der Waals surface area contributed by atoms with Crippen LogP contribution in [0.5, 0.6) is 0 Å². The van der Waals surface area contributed by atoms with Crippen LogP contribution in [0.4, 0.5) is 10.1 Å². The first kappa shape index (κ1) is 12.6. The van der Waals surface area contributed by atoms with Crippen LogP contribution in [0.2, 0.25) is 0 Å². The standard InChI is InChI=1S/C9H13N3O3S/c1-5-6(12(14)15)16-8(10-5)11-7(13)9(2,3)4/h1-4H3,(H,10,11,13). The molecule has 1 N–H and O–H groups in total. The van der Waals surface area contributed by atoms with Crippen molar-refractivity contribution < 1.29 is 9.72 Å². The summed E-state index contributed by atoms with van der Waals surface area (Å²) in [5.41, 5.74) is -0.229. The van der Waals surface area contributed by atoms with Gasteiger partial charge in [-0.15, -0.1) is 0 Å². The molecule has 0 spiro atoms. The summed E-state index contributed by atoms with van der Waals surface area (Å²) >= 11 is 0.870. The van der Waals surface area contributed by atoms with Gasteiger partial charge < -0.3 is 5.32 Å². The van der Waals surface area contributed by atoms with Gasteiger partial charge in [0.15, 0.2) is 5.13 Å². The fourth-order valence-corrected chi connectivity index (χ4v) is 1.67. The molecule has 0 aliphatic heterocycles. The number of nitrogens with one attached hydrogen (secondary N) is 1. The minimum Gasteiger partial charge on any atom is -0.301 e. The Kier molecular flexibility index (Phi) is 3.27. The number of aryl methyl sites for hydroxylation is 1. The van der Waals surface area contributed by atoms with Gasteiger partial charge >= 0.3 is 5.00 Å². The van der Waals surface area contributed by atoms with E-state index < -0.39 is 10.3 Å². The number of hydrogen-bond acceptors (Lipinski definition) is 5. The van der Waals surface area contributed by atoms with Gasteiger partial charge in [-0.25, -0.2) is 4.98 Å². The predicted molar refractivity (Wildman–Crippen MR) is 61.6 cm³/mol. The molecule has 1 heterocycles. The highest BCUT2D eigenvalue weighted by atomic mass is 32.1. The van der Waals surface area contributed by atoms with Gasteiger partial charge in [-0.05, 0) is 18.3 Å². The van der Waals surface area contributed by atoms with Crippen LogP contribution in [0.3, 0.4) is 0 Å². The third-order valence-electron chi connectivity index (χ3n) is 1.84. The molecule has 1 aromatic rings. The van der Waals surface area contributed by atoms with E-state index in [1.165, 1.54) is 0 Å². The highest BCUT2D eigenvalue weighted by Crippen LogP contribution is 2.30. The van der Waals surface area contributed by atoms with E-state index in [2.05, 4.69) is 10.3 Å². The summed E-state index contributed by atoms with van der Waals surface area (Å²) in [6.07, 6.45) is 0. The van der Waals surface area contributed by atoms with Crippen molar-refractivity contribution in [2.75, 3.05) is 5.32 Å². The van der Waals surface area contributed by atoms with Crippen LogP contribution in [-0.4, -0.2) is 15.8 Å². The number of rotatable bonds is 2. The summed E-state index contributed by atoms with van der Waals surface area (Å²) in [6.45, 7) is 6.83. The molecule has 0 unspecified atom stereocenters. The zero-order chi connectivity index (χ0) is 12.5. The molecular weight excluding hydrogens is 230 g/mol. The van der Waals surface area contributed by atoms with Crippen LogP contribution in [0.1, 0.15) is 26.5 Å². The van der Waals surface area contributed by atoms with E-state index in [0.29, 0.717) is 5.69 Å². The summed E-state index contributed by atoms with van der Waals surface area (Å²) in [4.78, 5) is 25.6. The maximum Gasteiger partial charge on any atom is 0.348 e. The summed E-state index contributed by atoms with van der Waals surface area (Å²) < 4.78 is 0. The van der Waals surface area contributed by atoms with Crippen molar-refractivity contribution >= 4 is 27.4 Å². The number of carbonyl (C=O) groups excluding carboxylic acids is 1. The second-order valence-corrected chi connectivity index (χ2v) is 5.35. The molecule has 0 radical (unpaired) electrons. The number of carbonyl (C=O) groups is 1. The van der Waals surface area contributed by atoms with Gasteiger partial charge in [0.25, 0.3) is 0 Å². The lowest BCUT2D eigenvalue weighted by molar-refractivity contribution is -0.380. The highest BCUT2D eigenvalue weighted by molar-refractivity contribution is 7.19. The Morgan fingerprint density at radius 1 is 1.50 bits per heavy atom. The first-order valence-electron chi connectivity index (χ1n) is 4.65. The summed E-state index contributed by atoms with van der Waals surface area (Å²) in [6, 6.07) is 0. The Bertz CT molecular complexity index is 434. The van der Waals surface area contributed by atoms with Crippen molar-refractivity contribution in [2.45, 2.75) is 27.7 Å². The van der Waals surface area contributed by atoms with Crippen LogP contribution in [0.15, 0.2) is 0 Å². The number of amides is 1. The van der Waals surface area contributed by atoms with Crippen molar-refractivity contribution in [2.24, 2.45) is 5.41 Å². The van der Waals surface area contributed by atoms with Crippen LogP contribution in [-0.2, 0) is 4.79 Å². The topological polar surface area (TPSA) is 85.1 Å². The molecule has 0 aromatic carbocycles. The van der Waals surface area contributed by atoms with Gasteiger partial charge in [0, 0.05) is 5.41 Å². The Balaban J connectivity index is 2.88. The van der Waals surface area contributed by atoms with Crippen molar-refractivity contribution in [3.05, 3.63) is 15.8 Å². The molecule has 0 fully saturated rings. The van der Waals surface area contributed by atoms with E-state index in [9.17, 15) is 14.9 Å². The first-order valence-corrected chi connectivity index (χ1v) is 5.46. The molecule has 0 aliphatic rings. The summed E-state index contributed by atoms with van der Waals surface area (Å²) in [5.74, 6) is -0.212. The normalized spacial score (nSPS) is 11.2. The molecule has 0 saturated carbocycles. The molecule has 0 aliphatic carbocycles. The fraction of sp³-hybridized carbons (Fsp3) is 0.556. The van der Waals surface area contributed by atoms with E-state index in [0.717, 1.165) is 11.3 Å². The average molecular weight is 243 g/mol. The third-order valence-corrected chi connectivity index (χ3v) is 2.86.